The summed E-state index contributed by atoms with van der Waals surface area (Å²) in [5.74, 6) is 0. The maximum atomic E-state index is 6.02. The number of nitrogens with one attached hydrogen (secondary N) is 1. The Kier molecular flexibility index (Phi) is 3.39. The third kappa shape index (κ3) is 2.62. The lowest BCUT2D eigenvalue weighted by molar-refractivity contribution is 1.34. The van der Waals surface area contributed by atoms with Crippen LogP contribution in [-0.4, -0.2) is 0 Å². The smallest absolute Gasteiger partial charge is 0.0443 e. The fraction of sp³-hybridized carbons (Fsp3) is 0.200. The number of hydrogen-bond donors (Lipinski definition) is 1. The van der Waals surface area contributed by atoms with Crippen LogP contribution >= 0.6 is 11.6 Å². The van der Waals surface area contributed by atoms with E-state index in [1.54, 1.807) is 0 Å². The molecule has 2 aromatic rings. The van der Waals surface area contributed by atoms with E-state index < -0.39 is 0 Å². The average Bonchev–Trinajstić information content (AvgIpc) is 2.28. The van der Waals surface area contributed by atoms with E-state index in [1.165, 1.54) is 16.7 Å². The molecule has 0 bridgehead atoms. The Morgan fingerprint density at radius 2 is 1.53 bits per heavy atom. The van der Waals surface area contributed by atoms with Gasteiger partial charge in [-0.2, -0.15) is 0 Å². The average molecular weight is 246 g/mol. The molecule has 0 spiro atoms. The molecule has 0 radical (unpaired) electrons. The molecule has 1 nitrogen and oxygen atoms in total. The summed E-state index contributed by atoms with van der Waals surface area (Å²) in [6, 6.07) is 12.2. The molecule has 0 fully saturated rings. The highest BCUT2D eigenvalue weighted by Crippen LogP contribution is 2.28. The molecule has 0 aliphatic rings. The van der Waals surface area contributed by atoms with E-state index in [2.05, 4.69) is 44.3 Å². The second kappa shape index (κ2) is 4.80. The van der Waals surface area contributed by atoms with Crippen LogP contribution < -0.4 is 5.32 Å². The quantitative estimate of drug-likeness (QED) is 0.784. The molecule has 2 aromatic carbocycles. The van der Waals surface area contributed by atoms with E-state index in [0.717, 1.165) is 16.4 Å². The largest absolute Gasteiger partial charge is 0.355 e. The Bertz CT molecular complexity index is 526. The number of anilines is 2. The van der Waals surface area contributed by atoms with Crippen molar-refractivity contribution in [3.63, 3.8) is 0 Å². The summed E-state index contributed by atoms with van der Waals surface area (Å²) in [7, 11) is 0. The van der Waals surface area contributed by atoms with Crippen LogP contribution in [0.4, 0.5) is 11.4 Å². The molecule has 0 aliphatic carbocycles. The molecule has 0 atom stereocenters. The van der Waals surface area contributed by atoms with Crippen LogP contribution in [0.5, 0.6) is 0 Å². The zero-order chi connectivity index (χ0) is 12.4. The summed E-state index contributed by atoms with van der Waals surface area (Å²) in [5, 5.41) is 4.22. The van der Waals surface area contributed by atoms with Gasteiger partial charge in [0.2, 0.25) is 0 Å². The van der Waals surface area contributed by atoms with Gasteiger partial charge in [-0.25, -0.2) is 0 Å². The molecule has 0 heterocycles. The summed E-state index contributed by atoms with van der Waals surface area (Å²) in [4.78, 5) is 0. The minimum atomic E-state index is 0.754. The molecular weight excluding hydrogens is 230 g/mol. The van der Waals surface area contributed by atoms with Crippen LogP contribution in [0.25, 0.3) is 0 Å². The Balaban J connectivity index is 2.41. The maximum absolute atomic E-state index is 6.02. The van der Waals surface area contributed by atoms with Gasteiger partial charge in [0.05, 0.1) is 0 Å². The number of rotatable bonds is 2. The van der Waals surface area contributed by atoms with Gasteiger partial charge >= 0.3 is 0 Å². The zero-order valence-corrected chi connectivity index (χ0v) is 11.1. The Morgan fingerprint density at radius 3 is 2.18 bits per heavy atom. The third-order valence-electron chi connectivity index (χ3n) is 2.94. The number of aryl methyl sites for hydroxylation is 3. The van der Waals surface area contributed by atoms with Gasteiger partial charge in [0.15, 0.2) is 0 Å². The molecule has 1 N–H and O–H groups in total. The van der Waals surface area contributed by atoms with Crippen LogP contribution in [-0.2, 0) is 0 Å². The normalized spacial score (nSPS) is 10.4. The van der Waals surface area contributed by atoms with Gasteiger partial charge in [-0.3, -0.25) is 0 Å². The molecule has 88 valence electrons. The van der Waals surface area contributed by atoms with E-state index in [-0.39, 0.29) is 0 Å². The first-order valence-corrected chi connectivity index (χ1v) is 6.05. The first kappa shape index (κ1) is 12.0. The van der Waals surface area contributed by atoms with Crippen LogP contribution in [0.3, 0.4) is 0 Å². The van der Waals surface area contributed by atoms with E-state index in [9.17, 15) is 0 Å². The molecule has 0 unspecified atom stereocenters. The van der Waals surface area contributed by atoms with Gasteiger partial charge in [0.1, 0.15) is 0 Å². The lowest BCUT2D eigenvalue weighted by Gasteiger charge is -2.14. The first-order chi connectivity index (χ1) is 8.08. The highest BCUT2D eigenvalue weighted by molar-refractivity contribution is 6.30. The summed E-state index contributed by atoms with van der Waals surface area (Å²) in [6.07, 6.45) is 0. The maximum Gasteiger partial charge on any atom is 0.0443 e. The fourth-order valence-corrected chi connectivity index (χ4v) is 2.05. The van der Waals surface area contributed by atoms with Crippen molar-refractivity contribution in [2.24, 2.45) is 0 Å². The molecule has 0 amide bonds. The van der Waals surface area contributed by atoms with Gasteiger partial charge < -0.3 is 5.32 Å². The lowest BCUT2D eigenvalue weighted by atomic mass is 10.1. The molecule has 0 saturated carbocycles. The predicted octanol–water partition coefficient (Wildman–Crippen LogP) is 5.01. The molecule has 17 heavy (non-hydrogen) atoms. The van der Waals surface area contributed by atoms with Gasteiger partial charge in [0.25, 0.3) is 0 Å². The lowest BCUT2D eigenvalue weighted by Crippen LogP contribution is -1.97. The van der Waals surface area contributed by atoms with Crippen LogP contribution in [0, 0.1) is 20.8 Å². The molecule has 0 saturated heterocycles. The van der Waals surface area contributed by atoms with Crippen molar-refractivity contribution in [1.29, 1.82) is 0 Å². The topological polar surface area (TPSA) is 12.0 Å². The SMILES string of the molecule is Cc1ccc(Cl)cc1Nc1c(C)cccc1C. The summed E-state index contributed by atoms with van der Waals surface area (Å²) in [5.41, 5.74) is 5.90. The highest BCUT2D eigenvalue weighted by Gasteiger charge is 2.04. The first-order valence-electron chi connectivity index (χ1n) is 5.67. The minimum absolute atomic E-state index is 0.754. The van der Waals surface area contributed by atoms with Gasteiger partial charge in [-0.1, -0.05) is 35.9 Å². The van der Waals surface area contributed by atoms with E-state index in [4.69, 9.17) is 11.6 Å². The Hall–Kier alpha value is -1.47. The van der Waals surface area contributed by atoms with Crippen molar-refractivity contribution in [3.8, 4) is 0 Å². The standard InChI is InChI=1S/C15H16ClN/c1-10-7-8-13(16)9-14(10)17-15-11(2)5-4-6-12(15)3/h4-9,17H,1-3H3. The third-order valence-corrected chi connectivity index (χ3v) is 3.18. The number of para-hydroxylation sites is 1. The van der Waals surface area contributed by atoms with Crippen LogP contribution in [0.1, 0.15) is 16.7 Å². The molecule has 2 heteroatoms. The van der Waals surface area contributed by atoms with E-state index >= 15 is 0 Å². The van der Waals surface area contributed by atoms with E-state index in [0.29, 0.717) is 0 Å². The van der Waals surface area contributed by atoms with Crippen molar-refractivity contribution in [2.75, 3.05) is 5.32 Å². The van der Waals surface area contributed by atoms with Crippen molar-refractivity contribution >= 4 is 23.0 Å². The Labute approximate surface area is 107 Å². The van der Waals surface area contributed by atoms with Crippen molar-refractivity contribution in [2.45, 2.75) is 20.8 Å². The Morgan fingerprint density at radius 1 is 0.882 bits per heavy atom. The number of hydrogen-bond acceptors (Lipinski definition) is 1. The van der Waals surface area contributed by atoms with Crippen LogP contribution in [0.15, 0.2) is 36.4 Å². The predicted molar refractivity (Wildman–Crippen MR) is 75.4 cm³/mol. The number of benzene rings is 2. The second-order valence-corrected chi connectivity index (χ2v) is 4.79. The van der Waals surface area contributed by atoms with Crippen molar-refractivity contribution < 1.29 is 0 Å². The van der Waals surface area contributed by atoms with E-state index in [1.807, 2.05) is 18.2 Å². The molecule has 0 aliphatic heterocycles. The minimum Gasteiger partial charge on any atom is -0.355 e. The van der Waals surface area contributed by atoms with Crippen LogP contribution in [0.2, 0.25) is 5.02 Å². The van der Waals surface area contributed by atoms with Crippen molar-refractivity contribution in [3.05, 3.63) is 58.1 Å². The van der Waals surface area contributed by atoms with Gasteiger partial charge in [0, 0.05) is 16.4 Å². The van der Waals surface area contributed by atoms with Gasteiger partial charge in [-0.15, -0.1) is 0 Å². The molecular formula is C15H16ClN. The molecule has 2 rings (SSSR count). The summed E-state index contributed by atoms with van der Waals surface area (Å²) >= 11 is 6.02. The van der Waals surface area contributed by atoms with Crippen molar-refractivity contribution in [1.82, 2.24) is 0 Å². The fourth-order valence-electron chi connectivity index (χ4n) is 1.88. The molecule has 0 aromatic heterocycles. The monoisotopic (exact) mass is 245 g/mol. The number of halogens is 1. The zero-order valence-electron chi connectivity index (χ0n) is 10.3. The summed E-state index contributed by atoms with van der Waals surface area (Å²) in [6.45, 7) is 6.29. The summed E-state index contributed by atoms with van der Waals surface area (Å²) < 4.78 is 0. The van der Waals surface area contributed by atoms with Gasteiger partial charge in [-0.05, 0) is 49.6 Å². The second-order valence-electron chi connectivity index (χ2n) is 4.35. The highest BCUT2D eigenvalue weighted by atomic mass is 35.5.